The van der Waals surface area contributed by atoms with Crippen LogP contribution in [0.1, 0.15) is 38.5 Å². The fraction of sp³-hybridized carbons (Fsp3) is 0.588. The molecule has 0 atom stereocenters. The van der Waals surface area contributed by atoms with Gasteiger partial charge in [0.05, 0.1) is 11.1 Å². The SMILES string of the molecule is O=C(COc1ccc(Br)cc1Cl)NCCCOC1CCCCC1. The van der Waals surface area contributed by atoms with Crippen molar-refractivity contribution in [2.24, 2.45) is 0 Å². The van der Waals surface area contributed by atoms with Crippen LogP contribution in [-0.2, 0) is 9.53 Å². The van der Waals surface area contributed by atoms with Crippen molar-refractivity contribution < 1.29 is 14.3 Å². The second-order valence-electron chi connectivity index (χ2n) is 5.70. The molecule has 0 saturated heterocycles. The summed E-state index contributed by atoms with van der Waals surface area (Å²) in [5.74, 6) is 0.354. The number of hydrogen-bond donors (Lipinski definition) is 1. The maximum absolute atomic E-state index is 11.7. The third kappa shape index (κ3) is 7.10. The van der Waals surface area contributed by atoms with Crippen molar-refractivity contribution in [1.29, 1.82) is 0 Å². The molecular formula is C17H23BrClNO3. The van der Waals surface area contributed by atoms with Crippen LogP contribution in [-0.4, -0.2) is 31.8 Å². The fourth-order valence-corrected chi connectivity index (χ4v) is 3.30. The number of ether oxygens (including phenoxy) is 2. The van der Waals surface area contributed by atoms with Gasteiger partial charge >= 0.3 is 0 Å². The summed E-state index contributed by atoms with van der Waals surface area (Å²) in [7, 11) is 0. The van der Waals surface area contributed by atoms with E-state index in [0.29, 0.717) is 30.0 Å². The predicted molar refractivity (Wildman–Crippen MR) is 95.1 cm³/mol. The van der Waals surface area contributed by atoms with E-state index in [9.17, 15) is 4.79 Å². The molecule has 6 heteroatoms. The van der Waals surface area contributed by atoms with Crippen LogP contribution < -0.4 is 10.1 Å². The summed E-state index contributed by atoms with van der Waals surface area (Å²) in [6.45, 7) is 1.26. The maximum atomic E-state index is 11.7. The van der Waals surface area contributed by atoms with Gasteiger partial charge in [-0.15, -0.1) is 0 Å². The molecule has 0 unspecified atom stereocenters. The summed E-state index contributed by atoms with van der Waals surface area (Å²) in [6.07, 6.45) is 7.47. The first kappa shape index (κ1) is 18.6. The highest BCUT2D eigenvalue weighted by Crippen LogP contribution is 2.27. The smallest absolute Gasteiger partial charge is 0.257 e. The Labute approximate surface area is 151 Å². The minimum atomic E-state index is -0.151. The highest BCUT2D eigenvalue weighted by molar-refractivity contribution is 9.10. The number of nitrogens with one attached hydrogen (secondary N) is 1. The topological polar surface area (TPSA) is 47.6 Å². The summed E-state index contributed by atoms with van der Waals surface area (Å²) in [5, 5.41) is 3.30. The zero-order valence-corrected chi connectivity index (χ0v) is 15.5. The highest BCUT2D eigenvalue weighted by atomic mass is 79.9. The first-order chi connectivity index (χ1) is 11.1. The van der Waals surface area contributed by atoms with Crippen molar-refractivity contribution in [2.75, 3.05) is 19.8 Å². The third-order valence-corrected chi connectivity index (χ3v) is 4.59. The lowest BCUT2D eigenvalue weighted by Crippen LogP contribution is -2.30. The maximum Gasteiger partial charge on any atom is 0.257 e. The first-order valence-electron chi connectivity index (χ1n) is 8.11. The van der Waals surface area contributed by atoms with Crippen molar-refractivity contribution in [2.45, 2.75) is 44.6 Å². The van der Waals surface area contributed by atoms with Gasteiger partial charge in [-0.1, -0.05) is 46.8 Å². The fourth-order valence-electron chi connectivity index (χ4n) is 2.57. The number of carbonyl (C=O) groups excluding carboxylic acids is 1. The second kappa shape index (κ2) is 10.2. The summed E-state index contributed by atoms with van der Waals surface area (Å²) >= 11 is 9.35. The molecule has 0 aliphatic heterocycles. The number of rotatable bonds is 8. The quantitative estimate of drug-likeness (QED) is 0.656. The van der Waals surface area contributed by atoms with E-state index in [2.05, 4.69) is 21.2 Å². The number of amides is 1. The van der Waals surface area contributed by atoms with Gasteiger partial charge in [-0.25, -0.2) is 0 Å². The Morgan fingerprint density at radius 2 is 2.09 bits per heavy atom. The van der Waals surface area contributed by atoms with Gasteiger partial charge < -0.3 is 14.8 Å². The third-order valence-electron chi connectivity index (χ3n) is 3.80. The molecule has 1 aliphatic carbocycles. The number of hydrogen-bond acceptors (Lipinski definition) is 3. The second-order valence-corrected chi connectivity index (χ2v) is 7.02. The van der Waals surface area contributed by atoms with E-state index in [1.54, 1.807) is 12.1 Å². The molecule has 1 aromatic rings. The highest BCUT2D eigenvalue weighted by Gasteiger charge is 2.13. The lowest BCUT2D eigenvalue weighted by Gasteiger charge is -2.21. The van der Waals surface area contributed by atoms with Gasteiger partial charge in [0.2, 0.25) is 0 Å². The van der Waals surface area contributed by atoms with Gasteiger partial charge in [-0.2, -0.15) is 0 Å². The largest absolute Gasteiger partial charge is 0.482 e. The molecule has 2 rings (SSSR count). The van der Waals surface area contributed by atoms with Crippen molar-refractivity contribution in [3.05, 3.63) is 27.7 Å². The molecule has 1 N–H and O–H groups in total. The molecule has 0 spiro atoms. The van der Waals surface area contributed by atoms with Crippen LogP contribution in [0.4, 0.5) is 0 Å². The Morgan fingerprint density at radius 1 is 1.30 bits per heavy atom. The van der Waals surface area contributed by atoms with E-state index in [1.165, 1.54) is 32.1 Å². The average molecular weight is 405 g/mol. The van der Waals surface area contributed by atoms with Gasteiger partial charge in [-0.05, 0) is 37.5 Å². The summed E-state index contributed by atoms with van der Waals surface area (Å²) < 4.78 is 12.1. The van der Waals surface area contributed by atoms with Gasteiger partial charge in [0.1, 0.15) is 5.75 Å². The van der Waals surface area contributed by atoms with E-state index >= 15 is 0 Å². The zero-order valence-electron chi connectivity index (χ0n) is 13.2. The lowest BCUT2D eigenvalue weighted by atomic mass is 9.98. The minimum Gasteiger partial charge on any atom is -0.482 e. The van der Waals surface area contributed by atoms with E-state index in [-0.39, 0.29) is 12.5 Å². The van der Waals surface area contributed by atoms with Crippen molar-refractivity contribution in [3.63, 3.8) is 0 Å². The van der Waals surface area contributed by atoms with Crippen molar-refractivity contribution in [3.8, 4) is 5.75 Å². The Kier molecular flexibility index (Phi) is 8.20. The Hall–Kier alpha value is -0.780. The van der Waals surface area contributed by atoms with E-state index in [1.807, 2.05) is 6.07 Å². The Bertz CT molecular complexity index is 507. The zero-order chi connectivity index (χ0) is 16.5. The Balaban J connectivity index is 1.54. The summed E-state index contributed by atoms with van der Waals surface area (Å²) in [6, 6.07) is 5.29. The van der Waals surface area contributed by atoms with Crippen molar-refractivity contribution in [1.82, 2.24) is 5.32 Å². The number of benzene rings is 1. The van der Waals surface area contributed by atoms with E-state index < -0.39 is 0 Å². The Morgan fingerprint density at radius 3 is 2.83 bits per heavy atom. The molecule has 0 bridgehead atoms. The molecule has 23 heavy (non-hydrogen) atoms. The van der Waals surface area contributed by atoms with Crippen LogP contribution in [0.2, 0.25) is 5.02 Å². The first-order valence-corrected chi connectivity index (χ1v) is 9.28. The van der Waals surface area contributed by atoms with Crippen molar-refractivity contribution >= 4 is 33.4 Å². The van der Waals surface area contributed by atoms with Crippen LogP contribution in [0.3, 0.4) is 0 Å². The van der Waals surface area contributed by atoms with Crippen LogP contribution in [0.15, 0.2) is 22.7 Å². The molecular weight excluding hydrogens is 382 g/mol. The van der Waals surface area contributed by atoms with Gasteiger partial charge in [-0.3, -0.25) is 4.79 Å². The lowest BCUT2D eigenvalue weighted by molar-refractivity contribution is -0.123. The minimum absolute atomic E-state index is 0.0369. The van der Waals surface area contributed by atoms with E-state index in [0.717, 1.165) is 10.9 Å². The molecule has 1 fully saturated rings. The van der Waals surface area contributed by atoms with E-state index in [4.69, 9.17) is 21.1 Å². The van der Waals surface area contributed by atoms with Crippen LogP contribution in [0.25, 0.3) is 0 Å². The standard InChI is InChI=1S/C17H23BrClNO3/c18-13-7-8-16(15(19)11-13)23-12-17(21)20-9-4-10-22-14-5-2-1-3-6-14/h7-8,11,14H,1-6,9-10,12H2,(H,20,21). The summed E-state index contributed by atoms with van der Waals surface area (Å²) in [4.78, 5) is 11.7. The van der Waals surface area contributed by atoms with Gasteiger partial charge in [0, 0.05) is 17.6 Å². The van der Waals surface area contributed by atoms with Gasteiger partial charge in [0.25, 0.3) is 5.91 Å². The number of halogens is 2. The normalized spacial score (nSPS) is 15.4. The summed E-state index contributed by atoms with van der Waals surface area (Å²) in [5.41, 5.74) is 0. The monoisotopic (exact) mass is 403 g/mol. The molecule has 1 saturated carbocycles. The van der Waals surface area contributed by atoms with Crippen LogP contribution in [0.5, 0.6) is 5.75 Å². The number of carbonyl (C=O) groups is 1. The molecule has 0 radical (unpaired) electrons. The van der Waals surface area contributed by atoms with Crippen LogP contribution >= 0.6 is 27.5 Å². The predicted octanol–water partition coefficient (Wildman–Crippen LogP) is 4.34. The molecule has 1 amide bonds. The average Bonchev–Trinajstić information content (AvgIpc) is 2.54. The molecule has 1 aromatic carbocycles. The molecule has 0 heterocycles. The van der Waals surface area contributed by atoms with Crippen LogP contribution in [0, 0.1) is 0 Å². The van der Waals surface area contributed by atoms with Gasteiger partial charge in [0.15, 0.2) is 6.61 Å². The molecule has 4 nitrogen and oxygen atoms in total. The molecule has 0 aromatic heterocycles. The molecule has 1 aliphatic rings. The molecule has 128 valence electrons.